The molecule has 3 heterocycles. The van der Waals surface area contributed by atoms with Gasteiger partial charge in [-0.25, -0.2) is 9.78 Å². The standard InChI is InChI=1S/C25H30Cl2F2N6O5/c1-12-3-6-18(35(12)25(38)39)22(37)32-17-7-8-34(11-19(17)36)24-30-10-20(40-23(28)29)21(33-24)31-13(2)15-5-4-14(26)9-16(15)27/h4-5,9-10,12-13,17-19,23,36H,3,6-8,11H2,1-2H3,(H,32,37)(H,38,39)(H,30,31,33)/t12-,13+,17-,18+,19-/m0/s1. The molecule has 4 N–H and O–H groups in total. The molecule has 0 bridgehead atoms. The van der Waals surface area contributed by atoms with Crippen molar-refractivity contribution in [2.75, 3.05) is 23.3 Å². The molecule has 0 radical (unpaired) electrons. The molecular weight excluding hydrogens is 573 g/mol. The molecular formula is C25H30Cl2F2N6O5. The van der Waals surface area contributed by atoms with Crippen LogP contribution < -0.4 is 20.3 Å². The predicted molar refractivity (Wildman–Crippen MR) is 144 cm³/mol. The van der Waals surface area contributed by atoms with Gasteiger partial charge in [0.05, 0.1) is 24.4 Å². The number of benzene rings is 1. The van der Waals surface area contributed by atoms with E-state index in [0.29, 0.717) is 41.4 Å². The average molecular weight is 603 g/mol. The van der Waals surface area contributed by atoms with E-state index >= 15 is 0 Å². The average Bonchev–Trinajstić information content (AvgIpc) is 3.27. The number of β-amino-alcohol motifs (C(OH)–C–C–N with tert-alkyl or cyclic N) is 1. The van der Waals surface area contributed by atoms with Gasteiger partial charge in [0.2, 0.25) is 11.9 Å². The molecule has 2 fully saturated rings. The van der Waals surface area contributed by atoms with E-state index in [1.807, 2.05) is 0 Å². The second-order valence-electron chi connectivity index (χ2n) is 9.84. The molecule has 0 aliphatic carbocycles. The highest BCUT2D eigenvalue weighted by atomic mass is 35.5. The molecule has 218 valence electrons. The van der Waals surface area contributed by atoms with E-state index in [1.54, 1.807) is 36.9 Å². The number of aliphatic hydroxyl groups excluding tert-OH is 1. The molecule has 2 aliphatic rings. The minimum Gasteiger partial charge on any atom is -0.465 e. The van der Waals surface area contributed by atoms with Crippen LogP contribution in [0.4, 0.5) is 25.3 Å². The van der Waals surface area contributed by atoms with Crippen LogP contribution in [-0.4, -0.2) is 81.0 Å². The number of aromatic nitrogens is 2. The Morgan fingerprint density at radius 3 is 2.62 bits per heavy atom. The predicted octanol–water partition coefficient (Wildman–Crippen LogP) is 4.14. The summed E-state index contributed by atoms with van der Waals surface area (Å²) in [5.74, 6) is -0.565. The topological polar surface area (TPSA) is 140 Å². The Kier molecular flexibility index (Phi) is 9.37. The number of carbonyl (C=O) groups excluding carboxylic acids is 1. The number of carboxylic acid groups (broad SMARTS) is 1. The number of aliphatic hydroxyl groups is 1. The molecule has 0 saturated carbocycles. The number of alkyl halides is 2. The van der Waals surface area contributed by atoms with Gasteiger partial charge in [0.15, 0.2) is 11.6 Å². The number of carbonyl (C=O) groups is 2. The third kappa shape index (κ3) is 6.76. The minimum atomic E-state index is -3.11. The normalized spacial score (nSPS) is 23.7. The molecule has 15 heteroatoms. The van der Waals surface area contributed by atoms with Crippen LogP contribution in [0.5, 0.6) is 5.75 Å². The summed E-state index contributed by atoms with van der Waals surface area (Å²) >= 11 is 12.3. The number of hydrogen-bond acceptors (Lipinski definition) is 8. The van der Waals surface area contributed by atoms with Crippen molar-refractivity contribution >= 4 is 47.0 Å². The summed E-state index contributed by atoms with van der Waals surface area (Å²) < 4.78 is 30.7. The van der Waals surface area contributed by atoms with E-state index in [1.165, 1.54) is 0 Å². The summed E-state index contributed by atoms with van der Waals surface area (Å²) in [6, 6.07) is 2.76. The van der Waals surface area contributed by atoms with Crippen molar-refractivity contribution < 1.29 is 33.3 Å². The molecule has 2 aromatic rings. The smallest absolute Gasteiger partial charge is 0.408 e. The van der Waals surface area contributed by atoms with Crippen LogP contribution >= 0.6 is 23.2 Å². The van der Waals surface area contributed by atoms with Gasteiger partial charge in [-0.05, 0) is 50.8 Å². The van der Waals surface area contributed by atoms with Gasteiger partial charge in [-0.2, -0.15) is 13.8 Å². The molecule has 1 aromatic heterocycles. The number of ether oxygens (including phenoxy) is 1. The first-order chi connectivity index (χ1) is 18.9. The maximum absolute atomic E-state index is 13.1. The number of nitrogens with one attached hydrogen (secondary N) is 2. The second kappa shape index (κ2) is 12.6. The zero-order valence-corrected chi connectivity index (χ0v) is 23.2. The van der Waals surface area contributed by atoms with Gasteiger partial charge < -0.3 is 30.5 Å². The van der Waals surface area contributed by atoms with Gasteiger partial charge in [-0.1, -0.05) is 29.3 Å². The molecule has 4 rings (SSSR count). The Morgan fingerprint density at radius 1 is 1.23 bits per heavy atom. The Hall–Kier alpha value is -3.16. The number of nitrogens with zero attached hydrogens (tertiary/aromatic N) is 4. The van der Waals surface area contributed by atoms with E-state index < -0.39 is 42.8 Å². The number of halogens is 4. The van der Waals surface area contributed by atoms with Crippen LogP contribution in [0.15, 0.2) is 24.4 Å². The van der Waals surface area contributed by atoms with Crippen molar-refractivity contribution in [3.05, 3.63) is 40.0 Å². The van der Waals surface area contributed by atoms with Gasteiger partial charge in [0.1, 0.15) is 6.04 Å². The van der Waals surface area contributed by atoms with Gasteiger partial charge in [-0.3, -0.25) is 9.69 Å². The molecule has 5 atom stereocenters. The van der Waals surface area contributed by atoms with Crippen LogP contribution in [0.1, 0.15) is 44.7 Å². The number of anilines is 2. The lowest BCUT2D eigenvalue weighted by Crippen LogP contribution is -2.58. The lowest BCUT2D eigenvalue weighted by Gasteiger charge is -2.37. The lowest BCUT2D eigenvalue weighted by molar-refractivity contribution is -0.127. The first kappa shape index (κ1) is 29.8. The van der Waals surface area contributed by atoms with Crippen LogP contribution in [0, 0.1) is 0 Å². The highest BCUT2D eigenvalue weighted by molar-refractivity contribution is 6.35. The molecule has 2 aliphatic heterocycles. The summed E-state index contributed by atoms with van der Waals surface area (Å²) in [4.78, 5) is 35.8. The van der Waals surface area contributed by atoms with Gasteiger partial charge in [0, 0.05) is 29.2 Å². The maximum atomic E-state index is 13.1. The summed E-state index contributed by atoms with van der Waals surface area (Å²) in [5, 5.41) is 26.9. The van der Waals surface area contributed by atoms with Gasteiger partial charge in [-0.15, -0.1) is 0 Å². The monoisotopic (exact) mass is 602 g/mol. The summed E-state index contributed by atoms with van der Waals surface area (Å²) in [6.07, 6.45) is 0.250. The Bertz CT molecular complexity index is 1240. The Labute approximate surface area is 239 Å². The SMILES string of the molecule is C[C@@H](Nc1nc(N2CC[C@H](NC(=O)[C@H]3CC[C@H](C)N3C(=O)O)[C@@H](O)C2)ncc1OC(F)F)c1ccc(Cl)cc1Cl. The molecule has 11 nitrogen and oxygen atoms in total. The number of likely N-dealkylation sites (tertiary alicyclic amines) is 1. The Morgan fingerprint density at radius 2 is 1.98 bits per heavy atom. The number of hydrogen-bond donors (Lipinski definition) is 4. The molecule has 0 unspecified atom stereocenters. The molecule has 0 spiro atoms. The fourth-order valence-electron chi connectivity index (χ4n) is 5.06. The van der Waals surface area contributed by atoms with Crippen LogP contribution in [0.25, 0.3) is 0 Å². The van der Waals surface area contributed by atoms with E-state index in [2.05, 4.69) is 25.3 Å². The number of rotatable bonds is 8. The second-order valence-corrected chi connectivity index (χ2v) is 10.7. The van der Waals surface area contributed by atoms with Crippen molar-refractivity contribution in [3.8, 4) is 5.75 Å². The summed E-state index contributed by atoms with van der Waals surface area (Å²) in [7, 11) is 0. The number of piperidine rings is 1. The van der Waals surface area contributed by atoms with E-state index in [0.717, 1.165) is 11.1 Å². The van der Waals surface area contributed by atoms with E-state index in [9.17, 15) is 28.6 Å². The van der Waals surface area contributed by atoms with Crippen molar-refractivity contribution in [1.82, 2.24) is 20.2 Å². The first-order valence-corrected chi connectivity index (χ1v) is 13.5. The summed E-state index contributed by atoms with van der Waals surface area (Å²) in [5.41, 5.74) is 0.652. The van der Waals surface area contributed by atoms with Crippen molar-refractivity contribution in [2.45, 2.75) is 70.0 Å². The minimum absolute atomic E-state index is 0.00199. The molecule has 2 saturated heterocycles. The zero-order chi connectivity index (χ0) is 29.1. The highest BCUT2D eigenvalue weighted by Crippen LogP contribution is 2.33. The van der Waals surface area contributed by atoms with Crippen molar-refractivity contribution in [2.24, 2.45) is 0 Å². The van der Waals surface area contributed by atoms with E-state index in [-0.39, 0.29) is 30.1 Å². The third-order valence-electron chi connectivity index (χ3n) is 7.13. The Balaban J connectivity index is 1.46. The molecule has 1 aromatic carbocycles. The van der Waals surface area contributed by atoms with Gasteiger partial charge >= 0.3 is 12.7 Å². The summed E-state index contributed by atoms with van der Waals surface area (Å²) in [6.45, 7) is 0.781. The van der Waals surface area contributed by atoms with Crippen LogP contribution in [0.2, 0.25) is 10.0 Å². The fourth-order valence-corrected chi connectivity index (χ4v) is 5.63. The van der Waals surface area contributed by atoms with Crippen LogP contribution in [-0.2, 0) is 4.79 Å². The van der Waals surface area contributed by atoms with Crippen molar-refractivity contribution in [3.63, 3.8) is 0 Å². The zero-order valence-electron chi connectivity index (χ0n) is 21.7. The fraction of sp³-hybridized carbons (Fsp3) is 0.520. The first-order valence-electron chi connectivity index (χ1n) is 12.7. The van der Waals surface area contributed by atoms with Crippen molar-refractivity contribution in [1.29, 1.82) is 0 Å². The van der Waals surface area contributed by atoms with Crippen LogP contribution in [0.3, 0.4) is 0 Å². The molecule has 40 heavy (non-hydrogen) atoms. The van der Waals surface area contributed by atoms with Gasteiger partial charge in [0.25, 0.3) is 0 Å². The lowest BCUT2D eigenvalue weighted by atomic mass is 10.0. The third-order valence-corrected chi connectivity index (χ3v) is 7.69. The largest absolute Gasteiger partial charge is 0.465 e. The number of amides is 2. The van der Waals surface area contributed by atoms with E-state index in [4.69, 9.17) is 23.2 Å². The quantitative estimate of drug-likeness (QED) is 0.351. The molecule has 2 amide bonds. The highest BCUT2D eigenvalue weighted by Gasteiger charge is 2.40. The maximum Gasteiger partial charge on any atom is 0.408 e.